The molecule has 0 bridgehead atoms. The minimum absolute atomic E-state index is 0.207. The quantitative estimate of drug-likeness (QED) is 0.761. The molecule has 2 heterocycles. The number of rotatable bonds is 7. The van der Waals surface area contributed by atoms with Gasteiger partial charge in [-0.1, -0.05) is 38.3 Å². The Morgan fingerprint density at radius 1 is 1.55 bits per heavy atom. The maximum Gasteiger partial charge on any atom is 0.244 e. The summed E-state index contributed by atoms with van der Waals surface area (Å²) in [5.41, 5.74) is 0.675. The van der Waals surface area contributed by atoms with E-state index in [1.807, 2.05) is 29.8 Å². The molecule has 2 N–H and O–H groups in total. The molecule has 0 aliphatic rings. The van der Waals surface area contributed by atoms with E-state index in [9.17, 15) is 9.90 Å². The number of carbonyl (C=O) groups is 1. The topological polar surface area (TPSA) is 66.6 Å². The third-order valence-electron chi connectivity index (χ3n) is 3.73. The number of nitrogens with one attached hydrogen (secondary N) is 1. The first-order valence-corrected chi connectivity index (χ1v) is 8.57. The minimum atomic E-state index is -0.519. The van der Waals surface area contributed by atoms with E-state index in [1.54, 1.807) is 6.08 Å². The van der Waals surface area contributed by atoms with Crippen molar-refractivity contribution in [1.29, 1.82) is 0 Å². The van der Waals surface area contributed by atoms with Crippen LogP contribution < -0.4 is 5.32 Å². The van der Waals surface area contributed by atoms with Crippen molar-refractivity contribution in [3.63, 3.8) is 0 Å². The summed E-state index contributed by atoms with van der Waals surface area (Å²) in [7, 11) is 0. The number of hydrogen-bond acceptors (Lipinski definition) is 4. The lowest BCUT2D eigenvalue weighted by Crippen LogP contribution is -2.35. The van der Waals surface area contributed by atoms with Crippen LogP contribution in [0.25, 0.3) is 11.0 Å². The van der Waals surface area contributed by atoms with Gasteiger partial charge in [-0.25, -0.2) is 4.98 Å². The standard InChI is InChI=1S/C15H20ClN3O2S/c1-3-10(4-2)12(20)9-17-13(21)6-5-11-14(16)18-15-19(11)7-8-22-15/h5-8,10,12,20H,3-4,9H2,1-2H3,(H,17,21)/b6-5+. The molecule has 2 aromatic heterocycles. The number of aliphatic hydroxyl groups excluding tert-OH is 1. The Hall–Kier alpha value is -1.37. The molecule has 0 aliphatic heterocycles. The van der Waals surface area contributed by atoms with Gasteiger partial charge >= 0.3 is 0 Å². The second-order valence-corrected chi connectivity index (χ2v) is 6.30. The van der Waals surface area contributed by atoms with E-state index in [0.717, 1.165) is 17.8 Å². The Bertz CT molecular complexity index is 661. The predicted molar refractivity (Wildman–Crippen MR) is 90.2 cm³/mol. The average molecular weight is 342 g/mol. The fourth-order valence-corrected chi connectivity index (χ4v) is 3.35. The van der Waals surface area contributed by atoms with E-state index in [-0.39, 0.29) is 18.4 Å². The van der Waals surface area contributed by atoms with Gasteiger partial charge in [0.25, 0.3) is 0 Å². The molecule has 1 unspecified atom stereocenters. The fraction of sp³-hybridized carbons (Fsp3) is 0.467. The zero-order valence-electron chi connectivity index (χ0n) is 12.6. The van der Waals surface area contributed by atoms with Crippen LogP contribution in [0.1, 0.15) is 32.4 Å². The van der Waals surface area contributed by atoms with Crippen LogP contribution in [-0.4, -0.2) is 33.0 Å². The number of aromatic nitrogens is 2. The van der Waals surface area contributed by atoms with Crippen molar-refractivity contribution in [2.75, 3.05) is 6.54 Å². The highest BCUT2D eigenvalue weighted by atomic mass is 35.5. The summed E-state index contributed by atoms with van der Waals surface area (Å²) in [6.07, 6.45) is 6.17. The van der Waals surface area contributed by atoms with Crippen molar-refractivity contribution >= 4 is 39.9 Å². The zero-order chi connectivity index (χ0) is 16.1. The summed E-state index contributed by atoms with van der Waals surface area (Å²) in [5, 5.41) is 15.0. The van der Waals surface area contributed by atoms with Crippen LogP contribution in [0, 0.1) is 5.92 Å². The molecule has 0 fully saturated rings. The van der Waals surface area contributed by atoms with Crippen molar-refractivity contribution in [3.05, 3.63) is 28.5 Å². The highest BCUT2D eigenvalue weighted by Gasteiger charge is 2.15. The van der Waals surface area contributed by atoms with E-state index in [1.165, 1.54) is 17.4 Å². The average Bonchev–Trinajstić information content (AvgIpc) is 3.05. The summed E-state index contributed by atoms with van der Waals surface area (Å²) in [5.74, 6) is -0.0507. The lowest BCUT2D eigenvalue weighted by atomic mass is 9.96. The predicted octanol–water partition coefficient (Wildman–Crippen LogP) is 2.98. The third kappa shape index (κ3) is 3.88. The first-order valence-electron chi connectivity index (χ1n) is 7.31. The fourth-order valence-electron chi connectivity index (χ4n) is 2.34. The number of nitrogens with zero attached hydrogens (tertiary/aromatic N) is 2. The molecule has 1 amide bonds. The molecule has 5 nitrogen and oxygen atoms in total. The van der Waals surface area contributed by atoms with Crippen molar-refractivity contribution < 1.29 is 9.90 Å². The monoisotopic (exact) mass is 341 g/mol. The lowest BCUT2D eigenvalue weighted by Gasteiger charge is -2.19. The SMILES string of the molecule is CCC(CC)C(O)CNC(=O)/C=C/c1c(Cl)nc2sccn12. The Balaban J connectivity index is 1.94. The third-order valence-corrected chi connectivity index (χ3v) is 4.76. The maximum absolute atomic E-state index is 11.8. The van der Waals surface area contributed by atoms with Crippen LogP contribution in [0.15, 0.2) is 17.7 Å². The van der Waals surface area contributed by atoms with Crippen molar-refractivity contribution in [2.45, 2.75) is 32.8 Å². The minimum Gasteiger partial charge on any atom is -0.391 e. The molecular weight excluding hydrogens is 322 g/mol. The van der Waals surface area contributed by atoms with Gasteiger partial charge in [0.05, 0.1) is 11.8 Å². The first-order chi connectivity index (χ1) is 10.6. The molecular formula is C15H20ClN3O2S. The Kier molecular flexibility index (Phi) is 5.99. The molecule has 0 radical (unpaired) electrons. The molecule has 2 rings (SSSR count). The molecule has 0 spiro atoms. The van der Waals surface area contributed by atoms with Gasteiger partial charge in [0.1, 0.15) is 0 Å². The van der Waals surface area contributed by atoms with Crippen molar-refractivity contribution in [2.24, 2.45) is 5.92 Å². The lowest BCUT2D eigenvalue weighted by molar-refractivity contribution is -0.117. The number of imidazole rings is 1. The van der Waals surface area contributed by atoms with Crippen molar-refractivity contribution in [3.8, 4) is 0 Å². The Labute approximate surface area is 138 Å². The highest BCUT2D eigenvalue weighted by molar-refractivity contribution is 7.15. The van der Waals surface area contributed by atoms with Crippen LogP contribution in [0.3, 0.4) is 0 Å². The largest absolute Gasteiger partial charge is 0.391 e. The summed E-state index contributed by atoms with van der Waals surface area (Å²) < 4.78 is 1.83. The second-order valence-electron chi connectivity index (χ2n) is 5.07. The van der Waals surface area contributed by atoms with Crippen LogP contribution in [0.4, 0.5) is 0 Å². The van der Waals surface area contributed by atoms with Gasteiger partial charge in [0.15, 0.2) is 10.1 Å². The van der Waals surface area contributed by atoms with Gasteiger partial charge in [-0.15, -0.1) is 11.3 Å². The smallest absolute Gasteiger partial charge is 0.244 e. The van der Waals surface area contributed by atoms with Gasteiger partial charge in [-0.2, -0.15) is 0 Å². The normalized spacial score (nSPS) is 13.3. The molecule has 0 saturated heterocycles. The van der Waals surface area contributed by atoms with E-state index in [0.29, 0.717) is 10.8 Å². The molecule has 120 valence electrons. The molecule has 22 heavy (non-hydrogen) atoms. The Morgan fingerprint density at radius 2 is 2.27 bits per heavy atom. The van der Waals surface area contributed by atoms with Gasteiger partial charge in [0, 0.05) is 24.2 Å². The number of hydrogen-bond donors (Lipinski definition) is 2. The van der Waals surface area contributed by atoms with Gasteiger partial charge < -0.3 is 10.4 Å². The summed E-state index contributed by atoms with van der Waals surface area (Å²) in [6.45, 7) is 4.32. The van der Waals surface area contributed by atoms with E-state index in [2.05, 4.69) is 10.3 Å². The van der Waals surface area contributed by atoms with Gasteiger partial charge in [-0.3, -0.25) is 9.20 Å². The van der Waals surface area contributed by atoms with E-state index < -0.39 is 6.10 Å². The van der Waals surface area contributed by atoms with Crippen LogP contribution in [0.5, 0.6) is 0 Å². The summed E-state index contributed by atoms with van der Waals surface area (Å²) >= 11 is 7.53. The molecule has 0 aromatic carbocycles. The number of carbonyl (C=O) groups excluding carboxylic acids is 1. The van der Waals surface area contributed by atoms with E-state index in [4.69, 9.17) is 11.6 Å². The first kappa shape index (κ1) is 17.0. The second kappa shape index (κ2) is 7.76. The van der Waals surface area contributed by atoms with Crippen LogP contribution in [0.2, 0.25) is 5.15 Å². The number of amides is 1. The van der Waals surface area contributed by atoms with Gasteiger partial charge in [-0.05, 0) is 12.0 Å². The van der Waals surface area contributed by atoms with E-state index >= 15 is 0 Å². The molecule has 0 saturated carbocycles. The Morgan fingerprint density at radius 3 is 2.95 bits per heavy atom. The van der Waals surface area contributed by atoms with Crippen molar-refractivity contribution in [1.82, 2.24) is 14.7 Å². The number of aliphatic hydroxyl groups is 1. The molecule has 1 atom stereocenters. The summed E-state index contributed by atoms with van der Waals surface area (Å²) in [4.78, 5) is 16.8. The number of halogens is 1. The molecule has 7 heteroatoms. The number of thiazole rings is 1. The zero-order valence-corrected chi connectivity index (χ0v) is 14.2. The van der Waals surface area contributed by atoms with Gasteiger partial charge in [0.2, 0.25) is 5.91 Å². The van der Waals surface area contributed by atoms with Crippen LogP contribution in [-0.2, 0) is 4.79 Å². The number of fused-ring (bicyclic) bond motifs is 1. The molecule has 0 aliphatic carbocycles. The summed E-state index contributed by atoms with van der Waals surface area (Å²) in [6, 6.07) is 0. The highest BCUT2D eigenvalue weighted by Crippen LogP contribution is 2.22. The molecule has 2 aromatic rings. The maximum atomic E-state index is 11.8. The van der Waals surface area contributed by atoms with Crippen LogP contribution >= 0.6 is 22.9 Å².